The minimum absolute atomic E-state index is 0.0226. The van der Waals surface area contributed by atoms with E-state index >= 15 is 0 Å². The molecule has 6 heteroatoms. The predicted molar refractivity (Wildman–Crippen MR) is 80.9 cm³/mol. The first-order valence-corrected chi connectivity index (χ1v) is 8.95. The largest absolute Gasteiger partial charge is 0.300 e. The highest BCUT2D eigenvalue weighted by Crippen LogP contribution is 2.41. The number of sulfonamides is 1. The van der Waals surface area contributed by atoms with Crippen LogP contribution in [0.25, 0.3) is 0 Å². The maximum absolute atomic E-state index is 13.0. The van der Waals surface area contributed by atoms with Gasteiger partial charge < -0.3 is 0 Å². The number of piperidine rings is 1. The van der Waals surface area contributed by atoms with Crippen LogP contribution in [0.15, 0.2) is 29.2 Å². The molecule has 1 atom stereocenters. The Bertz CT molecular complexity index is 723. The maximum atomic E-state index is 13.0. The highest BCUT2D eigenvalue weighted by atomic mass is 32.2. The summed E-state index contributed by atoms with van der Waals surface area (Å²) in [4.78, 5) is 24.4. The van der Waals surface area contributed by atoms with E-state index < -0.39 is 15.6 Å². The van der Waals surface area contributed by atoms with E-state index in [1.165, 1.54) is 4.31 Å². The van der Waals surface area contributed by atoms with Crippen molar-refractivity contribution in [1.82, 2.24) is 4.31 Å². The van der Waals surface area contributed by atoms with E-state index in [9.17, 15) is 18.0 Å². The molecule has 0 aromatic heterocycles. The van der Waals surface area contributed by atoms with Crippen LogP contribution in [-0.2, 0) is 19.6 Å². The van der Waals surface area contributed by atoms with Crippen LogP contribution < -0.4 is 0 Å². The molecular formula is C16H19NO4S. The molecule has 0 amide bonds. The van der Waals surface area contributed by atoms with Gasteiger partial charge in [0.15, 0.2) is 5.78 Å². The molecular weight excluding hydrogens is 302 g/mol. The first-order chi connectivity index (χ1) is 10.4. The van der Waals surface area contributed by atoms with Crippen molar-refractivity contribution in [3.8, 4) is 0 Å². The molecule has 1 spiro atoms. The third-order valence-corrected chi connectivity index (χ3v) is 6.66. The fraction of sp³-hybridized carbons (Fsp3) is 0.500. The fourth-order valence-electron chi connectivity index (χ4n) is 3.49. The topological polar surface area (TPSA) is 71.5 Å². The average Bonchev–Trinajstić information content (AvgIpc) is 2.80. The van der Waals surface area contributed by atoms with Crippen molar-refractivity contribution in [3.05, 3.63) is 29.8 Å². The van der Waals surface area contributed by atoms with Gasteiger partial charge in [0.25, 0.3) is 0 Å². The molecule has 22 heavy (non-hydrogen) atoms. The van der Waals surface area contributed by atoms with Crippen molar-refractivity contribution in [2.45, 2.75) is 49.5 Å². The van der Waals surface area contributed by atoms with Gasteiger partial charge in [-0.25, -0.2) is 8.42 Å². The van der Waals surface area contributed by atoms with E-state index in [-0.39, 0.29) is 35.8 Å². The van der Waals surface area contributed by atoms with Crippen LogP contribution in [0.2, 0.25) is 0 Å². The summed E-state index contributed by atoms with van der Waals surface area (Å²) in [5.74, 6) is -0.137. The molecule has 0 bridgehead atoms. The SMILES string of the molecule is Cc1ccc(S(=O)(=O)N2CCC(=O)CC23CCCC3=O)cc1. The minimum atomic E-state index is -3.77. The quantitative estimate of drug-likeness (QED) is 0.833. The molecule has 0 radical (unpaired) electrons. The molecule has 2 aliphatic rings. The number of hydrogen-bond donors (Lipinski definition) is 0. The third-order valence-electron chi connectivity index (χ3n) is 4.68. The third kappa shape index (κ3) is 2.30. The number of nitrogens with zero attached hydrogens (tertiary/aromatic N) is 1. The normalized spacial score (nSPS) is 26.8. The van der Waals surface area contributed by atoms with Gasteiger partial charge in [-0.05, 0) is 31.9 Å². The first kappa shape index (κ1) is 15.4. The Morgan fingerprint density at radius 1 is 1.09 bits per heavy atom. The maximum Gasteiger partial charge on any atom is 0.244 e. The van der Waals surface area contributed by atoms with Gasteiger partial charge in [0.2, 0.25) is 10.0 Å². The Morgan fingerprint density at radius 2 is 1.77 bits per heavy atom. The van der Waals surface area contributed by atoms with Gasteiger partial charge in [-0.3, -0.25) is 9.59 Å². The number of benzene rings is 1. The Hall–Kier alpha value is -1.53. The molecule has 1 unspecified atom stereocenters. The van der Waals surface area contributed by atoms with Gasteiger partial charge in [0, 0.05) is 25.8 Å². The molecule has 1 saturated carbocycles. The van der Waals surface area contributed by atoms with Gasteiger partial charge in [0.1, 0.15) is 11.3 Å². The van der Waals surface area contributed by atoms with Crippen molar-refractivity contribution in [2.75, 3.05) is 6.54 Å². The van der Waals surface area contributed by atoms with Crippen LogP contribution in [0.1, 0.15) is 37.7 Å². The number of rotatable bonds is 2. The summed E-state index contributed by atoms with van der Waals surface area (Å²) < 4.78 is 27.2. The Balaban J connectivity index is 2.06. The van der Waals surface area contributed by atoms with Gasteiger partial charge in [-0.15, -0.1) is 0 Å². The summed E-state index contributed by atoms with van der Waals surface area (Å²) in [7, 11) is -3.77. The van der Waals surface area contributed by atoms with Crippen LogP contribution in [0, 0.1) is 6.92 Å². The number of hydrogen-bond acceptors (Lipinski definition) is 4. The predicted octanol–water partition coefficient (Wildman–Crippen LogP) is 1.84. The zero-order valence-electron chi connectivity index (χ0n) is 12.5. The van der Waals surface area contributed by atoms with E-state index in [0.29, 0.717) is 19.3 Å². The molecule has 1 saturated heterocycles. The van der Waals surface area contributed by atoms with Gasteiger partial charge in [0.05, 0.1) is 4.90 Å². The van der Waals surface area contributed by atoms with Crippen molar-refractivity contribution < 1.29 is 18.0 Å². The fourth-order valence-corrected chi connectivity index (χ4v) is 5.28. The summed E-state index contributed by atoms with van der Waals surface area (Å²) in [5.41, 5.74) is -0.168. The molecule has 3 rings (SSSR count). The summed E-state index contributed by atoms with van der Waals surface area (Å²) >= 11 is 0. The van der Waals surface area contributed by atoms with Crippen molar-refractivity contribution in [1.29, 1.82) is 0 Å². The molecule has 1 aromatic carbocycles. The van der Waals surface area contributed by atoms with Crippen molar-refractivity contribution in [3.63, 3.8) is 0 Å². The van der Waals surface area contributed by atoms with E-state index in [1.54, 1.807) is 24.3 Å². The summed E-state index contributed by atoms with van der Waals surface area (Å²) in [6, 6.07) is 6.61. The molecule has 1 aliphatic heterocycles. The first-order valence-electron chi connectivity index (χ1n) is 7.51. The lowest BCUT2D eigenvalue weighted by Gasteiger charge is -2.41. The number of carbonyl (C=O) groups excluding carboxylic acids is 2. The molecule has 5 nitrogen and oxygen atoms in total. The van der Waals surface area contributed by atoms with E-state index in [4.69, 9.17) is 0 Å². The lowest BCUT2D eigenvalue weighted by molar-refractivity contribution is -0.134. The second-order valence-corrected chi connectivity index (χ2v) is 8.03. The highest BCUT2D eigenvalue weighted by Gasteiger charge is 2.54. The van der Waals surface area contributed by atoms with E-state index in [0.717, 1.165) is 5.56 Å². The number of carbonyl (C=O) groups is 2. The Morgan fingerprint density at radius 3 is 2.36 bits per heavy atom. The smallest absolute Gasteiger partial charge is 0.244 e. The zero-order chi connectivity index (χ0) is 16.0. The molecule has 1 aliphatic carbocycles. The summed E-state index contributed by atoms with van der Waals surface area (Å²) in [5, 5.41) is 0. The molecule has 2 fully saturated rings. The van der Waals surface area contributed by atoms with Gasteiger partial charge in [-0.1, -0.05) is 17.7 Å². The number of ketones is 2. The average molecular weight is 321 g/mol. The monoisotopic (exact) mass is 321 g/mol. The van der Waals surface area contributed by atoms with Gasteiger partial charge in [-0.2, -0.15) is 4.31 Å². The second kappa shape index (κ2) is 5.28. The van der Waals surface area contributed by atoms with Crippen LogP contribution in [0.4, 0.5) is 0 Å². The standard InChI is InChI=1S/C16H19NO4S/c1-12-4-6-14(7-5-12)22(20,21)17-10-8-13(18)11-16(17)9-2-3-15(16)19/h4-7H,2-3,8-11H2,1H3. The number of Topliss-reactive ketones (excluding diaryl/α,β-unsaturated/α-hetero) is 2. The van der Waals surface area contributed by atoms with Crippen LogP contribution in [0.5, 0.6) is 0 Å². The second-order valence-electron chi connectivity index (χ2n) is 6.16. The zero-order valence-corrected chi connectivity index (χ0v) is 13.4. The van der Waals surface area contributed by atoms with E-state index in [2.05, 4.69) is 0 Å². The van der Waals surface area contributed by atoms with Crippen LogP contribution in [0.3, 0.4) is 0 Å². The molecule has 1 aromatic rings. The highest BCUT2D eigenvalue weighted by molar-refractivity contribution is 7.89. The van der Waals surface area contributed by atoms with Crippen molar-refractivity contribution in [2.24, 2.45) is 0 Å². The Labute approximate surface area is 130 Å². The molecule has 1 heterocycles. The summed E-state index contributed by atoms with van der Waals surface area (Å²) in [6.07, 6.45) is 1.65. The van der Waals surface area contributed by atoms with Crippen molar-refractivity contribution >= 4 is 21.6 Å². The van der Waals surface area contributed by atoms with Gasteiger partial charge >= 0.3 is 0 Å². The number of aryl methyl sites for hydroxylation is 1. The van der Waals surface area contributed by atoms with Crippen LogP contribution >= 0.6 is 0 Å². The summed E-state index contributed by atoms with van der Waals surface area (Å²) in [6.45, 7) is 1.98. The lowest BCUT2D eigenvalue weighted by atomic mass is 9.86. The minimum Gasteiger partial charge on any atom is -0.300 e. The van der Waals surface area contributed by atoms with E-state index in [1.807, 2.05) is 6.92 Å². The Kier molecular flexibility index (Phi) is 3.69. The molecule has 118 valence electrons. The lowest BCUT2D eigenvalue weighted by Crippen LogP contribution is -2.58. The molecule has 0 N–H and O–H groups in total. The van der Waals surface area contributed by atoms with Crippen LogP contribution in [-0.4, -0.2) is 36.4 Å².